The molecule has 1 aliphatic carbocycles. The second kappa shape index (κ2) is 8.93. The van der Waals surface area contributed by atoms with E-state index < -0.39 is 0 Å². The molecule has 0 aliphatic heterocycles. The zero-order chi connectivity index (χ0) is 19.2. The summed E-state index contributed by atoms with van der Waals surface area (Å²) < 4.78 is 2.93. The molecule has 2 heterocycles. The molecule has 1 saturated carbocycles. The summed E-state index contributed by atoms with van der Waals surface area (Å²) in [6, 6.07) is 7.03. The van der Waals surface area contributed by atoms with Crippen LogP contribution in [0.15, 0.2) is 40.2 Å². The van der Waals surface area contributed by atoms with E-state index in [1.54, 1.807) is 10.8 Å². The second-order valence-corrected chi connectivity index (χ2v) is 7.29. The van der Waals surface area contributed by atoms with Crippen LogP contribution in [0.25, 0.3) is 0 Å². The monoisotopic (exact) mass is 368 g/mol. The summed E-state index contributed by atoms with van der Waals surface area (Å²) in [4.78, 5) is 29.9. The summed E-state index contributed by atoms with van der Waals surface area (Å²) in [6.45, 7) is 4.58. The van der Waals surface area contributed by atoms with Crippen molar-refractivity contribution in [1.29, 1.82) is 0 Å². The van der Waals surface area contributed by atoms with Crippen LogP contribution in [0.3, 0.4) is 0 Å². The highest BCUT2D eigenvalue weighted by atomic mass is 16.2. The average molecular weight is 368 g/mol. The Balaban J connectivity index is 1.97. The predicted octanol–water partition coefficient (Wildman–Crippen LogP) is 3.08. The Hall–Kier alpha value is -2.50. The molecule has 1 fully saturated rings. The first-order valence-corrected chi connectivity index (χ1v) is 9.94. The maximum atomic E-state index is 13.1. The van der Waals surface area contributed by atoms with Gasteiger partial charge in [-0.2, -0.15) is 5.10 Å². The lowest BCUT2D eigenvalue weighted by Crippen LogP contribution is -2.32. The van der Waals surface area contributed by atoms with Gasteiger partial charge in [0.05, 0.1) is 6.04 Å². The number of pyridine rings is 1. The molecule has 0 unspecified atom stereocenters. The van der Waals surface area contributed by atoms with Crippen molar-refractivity contribution in [2.24, 2.45) is 4.99 Å². The van der Waals surface area contributed by atoms with Crippen LogP contribution in [0.1, 0.15) is 67.9 Å². The third-order valence-electron chi connectivity index (χ3n) is 5.01. The maximum Gasteiger partial charge on any atom is 0.283 e. The van der Waals surface area contributed by atoms with Gasteiger partial charge < -0.3 is 0 Å². The molecule has 3 rings (SSSR count). The molecule has 0 atom stereocenters. The van der Waals surface area contributed by atoms with Gasteiger partial charge in [-0.15, -0.1) is 0 Å². The van der Waals surface area contributed by atoms with E-state index in [9.17, 15) is 9.59 Å². The minimum atomic E-state index is -0.255. The fourth-order valence-electron chi connectivity index (χ4n) is 3.41. The van der Waals surface area contributed by atoms with Gasteiger partial charge in [-0.25, -0.2) is 4.68 Å². The van der Waals surface area contributed by atoms with Gasteiger partial charge in [0, 0.05) is 18.8 Å². The van der Waals surface area contributed by atoms with Crippen LogP contribution >= 0.6 is 0 Å². The number of nitrogens with zero attached hydrogens (tertiary/aromatic N) is 4. The molecule has 0 amide bonds. The number of unbranched alkanes of at least 4 members (excludes halogenated alkanes) is 1. The van der Waals surface area contributed by atoms with E-state index in [-0.39, 0.29) is 23.2 Å². The SMILES string of the molecule is CCCCn1nc(C(=O)n2ccc(C)cc2=NC2CCCCC2)ccc1=O. The lowest BCUT2D eigenvalue weighted by Gasteiger charge is -2.18. The van der Waals surface area contributed by atoms with Crippen molar-refractivity contribution in [2.45, 2.75) is 71.4 Å². The van der Waals surface area contributed by atoms with Crippen LogP contribution in [0.4, 0.5) is 0 Å². The first kappa shape index (κ1) is 19.3. The van der Waals surface area contributed by atoms with E-state index in [4.69, 9.17) is 4.99 Å². The summed E-state index contributed by atoms with van der Waals surface area (Å²) in [7, 11) is 0. The Labute approximate surface area is 159 Å². The quantitative estimate of drug-likeness (QED) is 0.814. The van der Waals surface area contributed by atoms with Gasteiger partial charge in [0.1, 0.15) is 11.2 Å². The molecule has 1 aliphatic rings. The number of aryl methyl sites for hydroxylation is 2. The van der Waals surface area contributed by atoms with Crippen molar-refractivity contribution in [3.8, 4) is 0 Å². The Kier molecular flexibility index (Phi) is 6.37. The molecule has 0 bridgehead atoms. The van der Waals surface area contributed by atoms with Gasteiger partial charge in [0.25, 0.3) is 11.5 Å². The van der Waals surface area contributed by atoms with Crippen molar-refractivity contribution in [3.05, 3.63) is 57.6 Å². The van der Waals surface area contributed by atoms with E-state index in [0.29, 0.717) is 12.0 Å². The third kappa shape index (κ3) is 4.81. The normalized spacial score (nSPS) is 15.9. The second-order valence-electron chi connectivity index (χ2n) is 7.29. The summed E-state index contributed by atoms with van der Waals surface area (Å²) in [6.07, 6.45) is 9.36. The van der Waals surface area contributed by atoms with Crippen LogP contribution in [0, 0.1) is 6.92 Å². The van der Waals surface area contributed by atoms with Gasteiger partial charge in [0.2, 0.25) is 0 Å². The number of rotatable bonds is 5. The molecular weight excluding hydrogens is 340 g/mol. The molecule has 6 nitrogen and oxygen atoms in total. The number of carbonyl (C=O) groups is 1. The zero-order valence-corrected chi connectivity index (χ0v) is 16.2. The summed E-state index contributed by atoms with van der Waals surface area (Å²) in [5.74, 6) is -0.255. The molecular formula is C21H28N4O2. The smallest absolute Gasteiger partial charge is 0.268 e. The zero-order valence-electron chi connectivity index (χ0n) is 16.2. The molecule has 0 aromatic carbocycles. The molecule has 144 valence electrons. The number of aromatic nitrogens is 3. The standard InChI is InChI=1S/C21H28N4O2/c1-3-4-13-25-20(26)11-10-18(23-25)21(27)24-14-12-16(2)15-19(24)22-17-8-6-5-7-9-17/h10-12,14-15,17H,3-9,13H2,1-2H3. The van der Waals surface area contributed by atoms with Crippen molar-refractivity contribution in [1.82, 2.24) is 14.3 Å². The van der Waals surface area contributed by atoms with Gasteiger partial charge >= 0.3 is 0 Å². The summed E-state index contributed by atoms with van der Waals surface area (Å²) >= 11 is 0. The lowest BCUT2D eigenvalue weighted by atomic mass is 9.96. The first-order chi connectivity index (χ1) is 13.1. The Bertz CT molecular complexity index is 920. The highest BCUT2D eigenvalue weighted by molar-refractivity contribution is 5.93. The summed E-state index contributed by atoms with van der Waals surface area (Å²) in [5, 5.41) is 4.29. The molecule has 0 N–H and O–H groups in total. The van der Waals surface area contributed by atoms with Gasteiger partial charge in [-0.1, -0.05) is 32.6 Å². The minimum absolute atomic E-state index is 0.180. The number of hydrogen-bond acceptors (Lipinski definition) is 4. The Morgan fingerprint density at radius 1 is 1.22 bits per heavy atom. The largest absolute Gasteiger partial charge is 0.283 e. The fourth-order valence-corrected chi connectivity index (χ4v) is 3.41. The van der Waals surface area contributed by atoms with E-state index in [2.05, 4.69) is 12.0 Å². The lowest BCUT2D eigenvalue weighted by molar-refractivity contribution is 0.0946. The molecule has 0 spiro atoms. The third-order valence-corrected chi connectivity index (χ3v) is 5.01. The van der Waals surface area contributed by atoms with Crippen molar-refractivity contribution < 1.29 is 4.79 Å². The average Bonchev–Trinajstić information content (AvgIpc) is 2.68. The molecule has 27 heavy (non-hydrogen) atoms. The molecule has 2 aromatic rings. The van der Waals surface area contributed by atoms with E-state index >= 15 is 0 Å². The van der Waals surface area contributed by atoms with E-state index in [0.717, 1.165) is 31.2 Å². The first-order valence-electron chi connectivity index (χ1n) is 9.94. The van der Waals surface area contributed by atoms with Crippen LogP contribution in [0.2, 0.25) is 0 Å². The highest BCUT2D eigenvalue weighted by Crippen LogP contribution is 2.19. The van der Waals surface area contributed by atoms with Gasteiger partial charge in [-0.3, -0.25) is 19.1 Å². The highest BCUT2D eigenvalue weighted by Gasteiger charge is 2.15. The van der Waals surface area contributed by atoms with Gasteiger partial charge in [0.15, 0.2) is 0 Å². The maximum absolute atomic E-state index is 13.1. The van der Waals surface area contributed by atoms with E-state index in [1.807, 2.05) is 19.1 Å². The van der Waals surface area contributed by atoms with Crippen LogP contribution in [-0.2, 0) is 6.54 Å². The fraction of sp³-hybridized carbons (Fsp3) is 0.524. The van der Waals surface area contributed by atoms with E-state index in [1.165, 1.54) is 36.1 Å². The van der Waals surface area contributed by atoms with Crippen molar-refractivity contribution in [3.63, 3.8) is 0 Å². The molecule has 0 saturated heterocycles. The van der Waals surface area contributed by atoms with Gasteiger partial charge in [-0.05, 0) is 49.9 Å². The van der Waals surface area contributed by atoms with Crippen LogP contribution < -0.4 is 11.0 Å². The summed E-state index contributed by atoms with van der Waals surface area (Å²) in [5.41, 5.74) is 1.81. The van der Waals surface area contributed by atoms with Crippen LogP contribution in [-0.4, -0.2) is 26.3 Å². The molecule has 0 radical (unpaired) electrons. The van der Waals surface area contributed by atoms with Crippen LogP contribution in [0.5, 0.6) is 0 Å². The molecule has 2 aromatic heterocycles. The van der Waals surface area contributed by atoms with Crippen molar-refractivity contribution in [2.75, 3.05) is 0 Å². The molecule has 6 heteroatoms. The predicted molar refractivity (Wildman–Crippen MR) is 105 cm³/mol. The minimum Gasteiger partial charge on any atom is -0.268 e. The van der Waals surface area contributed by atoms with Crippen molar-refractivity contribution >= 4 is 5.91 Å². The number of carbonyl (C=O) groups excluding carboxylic acids is 1. The Morgan fingerprint density at radius 3 is 2.74 bits per heavy atom. The number of hydrogen-bond donors (Lipinski definition) is 0. The Morgan fingerprint density at radius 2 is 2.00 bits per heavy atom. The topological polar surface area (TPSA) is 69.2 Å².